The van der Waals surface area contributed by atoms with E-state index < -0.39 is 18.0 Å². The lowest BCUT2D eigenvalue weighted by Crippen LogP contribution is -2.49. The summed E-state index contributed by atoms with van der Waals surface area (Å²) in [7, 11) is 0. The summed E-state index contributed by atoms with van der Waals surface area (Å²) < 4.78 is 5.25. The van der Waals surface area contributed by atoms with Crippen molar-refractivity contribution >= 4 is 29.5 Å². The molecule has 2 fully saturated rings. The quantitative estimate of drug-likeness (QED) is 0.211. The molecule has 10 nitrogen and oxygen atoms in total. The molecular formula is C36H43N5O5. The van der Waals surface area contributed by atoms with E-state index in [0.29, 0.717) is 50.7 Å². The Morgan fingerprint density at radius 1 is 0.891 bits per heavy atom. The van der Waals surface area contributed by atoms with Crippen molar-refractivity contribution in [3.05, 3.63) is 101 Å². The van der Waals surface area contributed by atoms with Crippen LogP contribution in [0.5, 0.6) is 0 Å². The van der Waals surface area contributed by atoms with Crippen molar-refractivity contribution in [3.63, 3.8) is 0 Å². The number of nitrogens with zero attached hydrogens (tertiary/aromatic N) is 1. The molecule has 242 valence electrons. The van der Waals surface area contributed by atoms with Crippen molar-refractivity contribution in [3.8, 4) is 0 Å². The highest BCUT2D eigenvalue weighted by atomic mass is 16.6. The maximum atomic E-state index is 13.9. The number of benzene rings is 3. The summed E-state index contributed by atoms with van der Waals surface area (Å²) in [6.45, 7) is 5.47. The molecule has 3 aromatic rings. The minimum Gasteiger partial charge on any atom is -0.449 e. The Morgan fingerprint density at radius 3 is 2.20 bits per heavy atom. The van der Waals surface area contributed by atoms with Gasteiger partial charge in [0.05, 0.1) is 18.7 Å². The highest BCUT2D eigenvalue weighted by Gasteiger charge is 2.26. The van der Waals surface area contributed by atoms with Crippen molar-refractivity contribution in [1.82, 2.24) is 21.3 Å². The Balaban J connectivity index is 1.35. The monoisotopic (exact) mass is 625 g/mol. The zero-order chi connectivity index (χ0) is 32.5. The molecule has 4 N–H and O–H groups in total. The molecule has 1 heterocycles. The number of carbonyl (C=O) groups excluding carboxylic acids is 4. The molecule has 4 amide bonds. The lowest BCUT2D eigenvalue weighted by atomic mass is 10.0. The molecule has 10 heteroatoms. The number of hydrogen-bond acceptors (Lipinski definition) is 6. The highest BCUT2D eigenvalue weighted by Crippen LogP contribution is 2.27. The normalized spacial score (nSPS) is 16.5. The smallest absolute Gasteiger partial charge is 0.414 e. The maximum Gasteiger partial charge on any atom is 0.414 e. The predicted molar refractivity (Wildman–Crippen MR) is 177 cm³/mol. The van der Waals surface area contributed by atoms with Gasteiger partial charge in [0.1, 0.15) is 0 Å². The first-order valence-electron chi connectivity index (χ1n) is 16.1. The zero-order valence-corrected chi connectivity index (χ0v) is 26.5. The van der Waals surface area contributed by atoms with Crippen LogP contribution in [0.2, 0.25) is 0 Å². The molecule has 0 unspecified atom stereocenters. The van der Waals surface area contributed by atoms with Crippen LogP contribution in [0.1, 0.15) is 71.0 Å². The molecule has 3 aromatic carbocycles. The Hall–Kier alpha value is -4.70. The van der Waals surface area contributed by atoms with Gasteiger partial charge in [0, 0.05) is 42.5 Å². The molecule has 1 aliphatic carbocycles. The van der Waals surface area contributed by atoms with E-state index in [9.17, 15) is 19.2 Å². The van der Waals surface area contributed by atoms with Crippen LogP contribution >= 0.6 is 0 Å². The number of ether oxygens (including phenoxy) is 1. The third-order valence-corrected chi connectivity index (χ3v) is 8.36. The second kappa shape index (κ2) is 15.5. The van der Waals surface area contributed by atoms with Gasteiger partial charge in [0.15, 0.2) is 0 Å². The van der Waals surface area contributed by atoms with Crippen LogP contribution in [0.3, 0.4) is 0 Å². The molecular weight excluding hydrogens is 582 g/mol. The average Bonchev–Trinajstić information content (AvgIpc) is 3.91. The molecule has 1 saturated heterocycles. The second-order valence-electron chi connectivity index (χ2n) is 12.2. The second-order valence-corrected chi connectivity index (χ2v) is 12.2. The molecule has 3 atom stereocenters. The summed E-state index contributed by atoms with van der Waals surface area (Å²) in [5.74, 6) is -0.257. The molecule has 0 bridgehead atoms. The Bertz CT molecular complexity index is 1510. The molecule has 0 spiro atoms. The van der Waals surface area contributed by atoms with E-state index in [1.165, 1.54) is 4.90 Å². The van der Waals surface area contributed by atoms with Gasteiger partial charge in [-0.3, -0.25) is 19.3 Å². The fraction of sp³-hybridized carbons (Fsp3) is 0.389. The van der Waals surface area contributed by atoms with E-state index in [-0.39, 0.29) is 35.0 Å². The molecule has 2 aliphatic rings. The molecule has 5 rings (SSSR count). The predicted octanol–water partition coefficient (Wildman–Crippen LogP) is 4.37. The van der Waals surface area contributed by atoms with Crippen LogP contribution in [0.25, 0.3) is 0 Å². The lowest BCUT2D eigenvalue weighted by Gasteiger charge is -2.27. The number of carbonyl (C=O) groups is 4. The summed E-state index contributed by atoms with van der Waals surface area (Å²) in [5.41, 5.74) is 2.87. The Morgan fingerprint density at radius 2 is 1.54 bits per heavy atom. The number of cyclic esters (lactones) is 1. The van der Waals surface area contributed by atoms with Crippen molar-refractivity contribution in [2.45, 2.75) is 57.7 Å². The molecule has 1 saturated carbocycles. The van der Waals surface area contributed by atoms with Gasteiger partial charge in [0.2, 0.25) is 5.91 Å². The average molecular weight is 626 g/mol. The molecule has 1 aliphatic heterocycles. The Labute approximate surface area is 270 Å². The Kier molecular flexibility index (Phi) is 11.0. The van der Waals surface area contributed by atoms with Crippen molar-refractivity contribution in [2.75, 3.05) is 31.1 Å². The largest absolute Gasteiger partial charge is 0.449 e. The van der Waals surface area contributed by atoms with E-state index in [1.807, 2.05) is 74.5 Å². The van der Waals surface area contributed by atoms with Crippen molar-refractivity contribution in [1.29, 1.82) is 0 Å². The number of hydrogen-bond donors (Lipinski definition) is 4. The minimum atomic E-state index is -0.520. The van der Waals surface area contributed by atoms with Crippen LogP contribution in [0.15, 0.2) is 78.9 Å². The van der Waals surface area contributed by atoms with E-state index in [1.54, 1.807) is 18.2 Å². The van der Waals surface area contributed by atoms with Crippen LogP contribution in [0, 0.1) is 5.92 Å². The fourth-order valence-electron chi connectivity index (χ4n) is 5.39. The van der Waals surface area contributed by atoms with E-state index in [2.05, 4.69) is 21.3 Å². The topological polar surface area (TPSA) is 129 Å². The van der Waals surface area contributed by atoms with Gasteiger partial charge >= 0.3 is 6.09 Å². The van der Waals surface area contributed by atoms with Gasteiger partial charge in [-0.1, -0.05) is 60.7 Å². The third kappa shape index (κ3) is 9.17. The SMILES string of the molecule is C[C@H](NC[C@H](Cc1ccccc1)NC(=O)c1cc(C(=O)N[C@H](C)c2ccccc2)cc(N2CCCOC2=O)c1)C(=O)NCC1CC1. The van der Waals surface area contributed by atoms with Gasteiger partial charge in [-0.25, -0.2) is 4.79 Å². The van der Waals surface area contributed by atoms with Crippen molar-refractivity contribution < 1.29 is 23.9 Å². The van der Waals surface area contributed by atoms with Crippen LogP contribution in [0.4, 0.5) is 10.5 Å². The number of nitrogens with one attached hydrogen (secondary N) is 4. The third-order valence-electron chi connectivity index (χ3n) is 8.36. The van der Waals surface area contributed by atoms with E-state index >= 15 is 0 Å². The van der Waals surface area contributed by atoms with Crippen molar-refractivity contribution in [2.24, 2.45) is 5.92 Å². The van der Waals surface area contributed by atoms with Gasteiger partial charge in [-0.05, 0) is 74.8 Å². The first-order valence-corrected chi connectivity index (χ1v) is 16.1. The van der Waals surface area contributed by atoms with E-state index in [4.69, 9.17) is 4.74 Å². The summed E-state index contributed by atoms with van der Waals surface area (Å²) in [6.07, 6.45) is 2.95. The molecule has 46 heavy (non-hydrogen) atoms. The summed E-state index contributed by atoms with van der Waals surface area (Å²) in [6, 6.07) is 23.1. The first-order chi connectivity index (χ1) is 22.3. The van der Waals surface area contributed by atoms with Gasteiger partial charge < -0.3 is 26.0 Å². The highest BCUT2D eigenvalue weighted by molar-refractivity contribution is 6.02. The van der Waals surface area contributed by atoms with E-state index in [0.717, 1.165) is 24.0 Å². The van der Waals surface area contributed by atoms with Crippen LogP contribution < -0.4 is 26.2 Å². The standard InChI is InChI=1S/C36H43N5O5/c1-24(28-12-7-4-8-13-28)39-34(43)29-19-30(21-32(20-29)41-16-9-17-46-36(41)45)35(44)40-31(18-26-10-5-3-6-11-26)23-37-25(2)33(42)38-22-27-14-15-27/h3-8,10-13,19-21,24-25,27,31,37H,9,14-18,22-23H2,1-2H3,(H,38,42)(H,39,43)(H,40,44)/t24-,25+,31+/m1/s1. The van der Waals surface area contributed by atoms with Gasteiger partial charge in [0.25, 0.3) is 11.8 Å². The van der Waals surface area contributed by atoms with Crippen LogP contribution in [-0.4, -0.2) is 62.1 Å². The lowest BCUT2D eigenvalue weighted by molar-refractivity contribution is -0.122. The maximum absolute atomic E-state index is 13.9. The van der Waals surface area contributed by atoms with Gasteiger partial charge in [-0.2, -0.15) is 0 Å². The zero-order valence-electron chi connectivity index (χ0n) is 26.5. The summed E-state index contributed by atoms with van der Waals surface area (Å²) in [4.78, 5) is 54.1. The summed E-state index contributed by atoms with van der Waals surface area (Å²) >= 11 is 0. The summed E-state index contributed by atoms with van der Waals surface area (Å²) in [5, 5.41) is 12.4. The minimum absolute atomic E-state index is 0.0711. The molecule has 0 aromatic heterocycles. The first kappa shape index (κ1) is 32.7. The number of rotatable bonds is 14. The molecule has 0 radical (unpaired) electrons. The fourth-order valence-corrected chi connectivity index (χ4v) is 5.39. The number of anilines is 1. The van der Waals surface area contributed by atoms with Crippen LogP contribution in [-0.2, 0) is 16.0 Å². The van der Waals surface area contributed by atoms with Gasteiger partial charge in [-0.15, -0.1) is 0 Å². The number of amides is 4.